The van der Waals surface area contributed by atoms with Crippen LogP contribution in [-0.2, 0) is 9.59 Å². The van der Waals surface area contributed by atoms with Gasteiger partial charge >= 0.3 is 0 Å². The van der Waals surface area contributed by atoms with Gasteiger partial charge in [-0.25, -0.2) is 0 Å². The Morgan fingerprint density at radius 1 is 1.00 bits per heavy atom. The molecule has 2 rings (SSSR count). The number of ether oxygens (including phenoxy) is 1. The number of aryl methyl sites for hydroxylation is 1. The number of hydrogen-bond acceptors (Lipinski definition) is 4. The third-order valence-corrected chi connectivity index (χ3v) is 4.71. The molecule has 0 heterocycles. The molecule has 0 radical (unpaired) electrons. The van der Waals surface area contributed by atoms with Crippen molar-refractivity contribution in [2.45, 2.75) is 13.8 Å². The zero-order chi connectivity index (χ0) is 18.9. The van der Waals surface area contributed by atoms with E-state index in [0.717, 1.165) is 11.3 Å². The summed E-state index contributed by atoms with van der Waals surface area (Å²) < 4.78 is 5.35. The number of nitrogens with one attached hydrogen (secondary N) is 2. The van der Waals surface area contributed by atoms with Gasteiger partial charge in [0.2, 0.25) is 11.8 Å². The highest BCUT2D eigenvalue weighted by molar-refractivity contribution is 8.00. The van der Waals surface area contributed by atoms with Gasteiger partial charge in [0.05, 0.1) is 18.1 Å². The summed E-state index contributed by atoms with van der Waals surface area (Å²) in [5.41, 5.74) is 2.29. The summed E-state index contributed by atoms with van der Waals surface area (Å²) >= 11 is 7.28. The standard InChI is InChI=1S/C19H21ClN2O3S/c1-3-25-16-8-6-14(7-9-16)21-18(23)11-26-12-19(24)22-15-5-4-13(2)17(20)10-15/h4-10H,3,11-12H2,1-2H3,(H,21,23)(H,22,24). The first-order valence-corrected chi connectivity index (χ1v) is 9.67. The molecule has 26 heavy (non-hydrogen) atoms. The highest BCUT2D eigenvalue weighted by atomic mass is 35.5. The van der Waals surface area contributed by atoms with Gasteiger partial charge in [0.25, 0.3) is 0 Å². The van der Waals surface area contributed by atoms with Crippen molar-refractivity contribution >= 4 is 46.6 Å². The van der Waals surface area contributed by atoms with Crippen LogP contribution in [0.4, 0.5) is 11.4 Å². The summed E-state index contributed by atoms with van der Waals surface area (Å²) in [6.45, 7) is 4.41. The molecule has 7 heteroatoms. The Hall–Kier alpha value is -2.18. The van der Waals surface area contributed by atoms with Crippen molar-refractivity contribution in [2.75, 3.05) is 28.7 Å². The van der Waals surface area contributed by atoms with Crippen LogP contribution >= 0.6 is 23.4 Å². The Bertz CT molecular complexity index is 766. The Kier molecular flexibility index (Phi) is 7.81. The van der Waals surface area contributed by atoms with Crippen molar-refractivity contribution < 1.29 is 14.3 Å². The fourth-order valence-electron chi connectivity index (χ4n) is 2.10. The van der Waals surface area contributed by atoms with E-state index in [9.17, 15) is 9.59 Å². The number of carbonyl (C=O) groups excluding carboxylic acids is 2. The van der Waals surface area contributed by atoms with Crippen LogP contribution in [0.5, 0.6) is 5.75 Å². The Labute approximate surface area is 162 Å². The Morgan fingerprint density at radius 2 is 1.58 bits per heavy atom. The van der Waals surface area contributed by atoms with E-state index in [1.165, 1.54) is 11.8 Å². The lowest BCUT2D eigenvalue weighted by Crippen LogP contribution is -2.18. The molecule has 2 amide bonds. The van der Waals surface area contributed by atoms with E-state index in [1.807, 2.05) is 19.9 Å². The molecule has 2 aromatic carbocycles. The highest BCUT2D eigenvalue weighted by Crippen LogP contribution is 2.20. The maximum atomic E-state index is 11.9. The molecule has 0 spiro atoms. The van der Waals surface area contributed by atoms with E-state index in [-0.39, 0.29) is 23.3 Å². The minimum absolute atomic E-state index is 0.162. The van der Waals surface area contributed by atoms with Crippen LogP contribution in [0.1, 0.15) is 12.5 Å². The molecule has 0 saturated carbocycles. The van der Waals surface area contributed by atoms with E-state index < -0.39 is 0 Å². The largest absolute Gasteiger partial charge is 0.494 e. The molecule has 2 aromatic rings. The molecule has 0 aliphatic rings. The molecular formula is C19H21ClN2O3S. The quantitative estimate of drug-likeness (QED) is 0.700. The third-order valence-electron chi connectivity index (χ3n) is 3.37. The summed E-state index contributed by atoms with van der Waals surface area (Å²) in [5, 5.41) is 6.15. The zero-order valence-corrected chi connectivity index (χ0v) is 16.2. The molecule has 0 aliphatic carbocycles. The summed E-state index contributed by atoms with van der Waals surface area (Å²) in [7, 11) is 0. The molecule has 138 valence electrons. The Balaban J connectivity index is 1.71. The van der Waals surface area contributed by atoms with Gasteiger partial charge in [0.1, 0.15) is 5.75 Å². The average Bonchev–Trinajstić information content (AvgIpc) is 2.60. The number of hydrogen-bond donors (Lipinski definition) is 2. The molecule has 0 atom stereocenters. The molecule has 5 nitrogen and oxygen atoms in total. The van der Waals surface area contributed by atoms with E-state index in [1.54, 1.807) is 36.4 Å². The first-order valence-electron chi connectivity index (χ1n) is 8.14. The van der Waals surface area contributed by atoms with E-state index in [2.05, 4.69) is 10.6 Å². The minimum Gasteiger partial charge on any atom is -0.494 e. The number of amides is 2. The molecular weight excluding hydrogens is 372 g/mol. The van der Waals surface area contributed by atoms with Gasteiger partial charge in [-0.2, -0.15) is 0 Å². The number of rotatable bonds is 8. The summed E-state index contributed by atoms with van der Waals surface area (Å²) in [6.07, 6.45) is 0. The number of thioether (sulfide) groups is 1. The number of anilines is 2. The maximum Gasteiger partial charge on any atom is 0.234 e. The lowest BCUT2D eigenvalue weighted by molar-refractivity contribution is -0.114. The van der Waals surface area contributed by atoms with E-state index in [0.29, 0.717) is 23.0 Å². The predicted molar refractivity (Wildman–Crippen MR) is 108 cm³/mol. The minimum atomic E-state index is -0.177. The second kappa shape index (κ2) is 10.1. The van der Waals surface area contributed by atoms with Gasteiger partial charge < -0.3 is 15.4 Å². The average molecular weight is 393 g/mol. The maximum absolute atomic E-state index is 11.9. The summed E-state index contributed by atoms with van der Waals surface area (Å²) in [6, 6.07) is 12.5. The lowest BCUT2D eigenvalue weighted by Gasteiger charge is -2.08. The third kappa shape index (κ3) is 6.61. The van der Waals surface area contributed by atoms with E-state index in [4.69, 9.17) is 16.3 Å². The van der Waals surface area contributed by atoms with Crippen molar-refractivity contribution in [3.05, 3.63) is 53.1 Å². The normalized spacial score (nSPS) is 10.3. The van der Waals surface area contributed by atoms with E-state index >= 15 is 0 Å². The summed E-state index contributed by atoms with van der Waals surface area (Å²) in [5.74, 6) is 0.791. The lowest BCUT2D eigenvalue weighted by atomic mass is 10.2. The van der Waals surface area contributed by atoms with Crippen LogP contribution in [0.15, 0.2) is 42.5 Å². The van der Waals surface area contributed by atoms with Gasteiger partial charge in [-0.3, -0.25) is 9.59 Å². The fourth-order valence-corrected chi connectivity index (χ4v) is 2.90. The zero-order valence-electron chi connectivity index (χ0n) is 14.7. The second-order valence-electron chi connectivity index (χ2n) is 5.51. The monoisotopic (exact) mass is 392 g/mol. The molecule has 0 bridgehead atoms. The molecule has 0 aromatic heterocycles. The van der Waals surface area contributed by atoms with Gasteiger partial charge in [-0.05, 0) is 55.8 Å². The van der Waals surface area contributed by atoms with Crippen LogP contribution in [0.25, 0.3) is 0 Å². The number of halogens is 1. The molecule has 0 fully saturated rings. The smallest absolute Gasteiger partial charge is 0.234 e. The highest BCUT2D eigenvalue weighted by Gasteiger charge is 2.07. The Morgan fingerprint density at radius 3 is 2.15 bits per heavy atom. The van der Waals surface area contributed by atoms with Crippen LogP contribution in [0, 0.1) is 6.92 Å². The first kappa shape index (κ1) is 20.1. The van der Waals surface area contributed by atoms with Crippen molar-refractivity contribution in [2.24, 2.45) is 0 Å². The van der Waals surface area contributed by atoms with Gasteiger partial charge in [-0.15, -0.1) is 11.8 Å². The number of carbonyl (C=O) groups is 2. The van der Waals surface area contributed by atoms with Crippen molar-refractivity contribution in [1.82, 2.24) is 0 Å². The van der Waals surface area contributed by atoms with Crippen molar-refractivity contribution in [3.63, 3.8) is 0 Å². The van der Waals surface area contributed by atoms with Crippen LogP contribution < -0.4 is 15.4 Å². The summed E-state index contributed by atoms with van der Waals surface area (Å²) in [4.78, 5) is 23.9. The van der Waals surface area contributed by atoms with Gasteiger partial charge in [-0.1, -0.05) is 17.7 Å². The molecule has 2 N–H and O–H groups in total. The fraction of sp³-hybridized carbons (Fsp3) is 0.263. The van der Waals surface area contributed by atoms with Gasteiger partial charge in [0, 0.05) is 16.4 Å². The van der Waals surface area contributed by atoms with Crippen LogP contribution in [-0.4, -0.2) is 29.9 Å². The topological polar surface area (TPSA) is 67.4 Å². The van der Waals surface area contributed by atoms with Crippen molar-refractivity contribution in [1.29, 1.82) is 0 Å². The first-order chi connectivity index (χ1) is 12.5. The molecule has 0 unspecified atom stereocenters. The molecule has 0 aliphatic heterocycles. The van der Waals surface area contributed by atoms with Crippen LogP contribution in [0.3, 0.4) is 0 Å². The van der Waals surface area contributed by atoms with Crippen LogP contribution in [0.2, 0.25) is 5.02 Å². The van der Waals surface area contributed by atoms with Gasteiger partial charge in [0.15, 0.2) is 0 Å². The molecule has 0 saturated heterocycles. The van der Waals surface area contributed by atoms with Crippen molar-refractivity contribution in [3.8, 4) is 5.75 Å². The predicted octanol–water partition coefficient (Wildman–Crippen LogP) is 4.36. The number of benzene rings is 2. The SMILES string of the molecule is CCOc1ccc(NC(=O)CSCC(=O)Nc2ccc(C)c(Cl)c2)cc1. The second-order valence-corrected chi connectivity index (χ2v) is 6.90.